The normalized spacial score (nSPS) is 10.8. The molecule has 0 spiro atoms. The second-order valence-corrected chi connectivity index (χ2v) is 6.33. The van der Waals surface area contributed by atoms with Gasteiger partial charge in [-0.1, -0.05) is 36.9 Å². The molecule has 2 rings (SSSR count). The zero-order chi connectivity index (χ0) is 17.7. The number of carbonyl (C=O) groups excluding carboxylic acids is 2. The van der Waals surface area contributed by atoms with Crippen molar-refractivity contribution in [2.24, 2.45) is 0 Å². The monoisotopic (exact) mass is 323 g/mol. The van der Waals surface area contributed by atoms with E-state index in [2.05, 4.69) is 11.9 Å². The minimum absolute atomic E-state index is 0.290. The lowest BCUT2D eigenvalue weighted by atomic mass is 10.1. The van der Waals surface area contributed by atoms with Crippen molar-refractivity contribution in [3.05, 3.63) is 71.8 Å². The lowest BCUT2D eigenvalue weighted by molar-refractivity contribution is 0.00708. The lowest BCUT2D eigenvalue weighted by Gasteiger charge is -2.21. The molecule has 0 atom stereocenters. The summed E-state index contributed by atoms with van der Waals surface area (Å²) in [6.45, 7) is 9.10. The summed E-state index contributed by atoms with van der Waals surface area (Å²) < 4.78 is 5.41. The third-order valence-electron chi connectivity index (χ3n) is 3.18. The quantitative estimate of drug-likeness (QED) is 0.841. The number of carbonyl (C=O) groups is 2. The molecule has 0 bridgehead atoms. The van der Waals surface area contributed by atoms with Gasteiger partial charge in [-0.15, -0.1) is 0 Å². The van der Waals surface area contributed by atoms with Crippen molar-refractivity contribution in [2.75, 3.05) is 5.32 Å². The number of hydrogen-bond donors (Lipinski definition) is 1. The number of benzene rings is 2. The van der Waals surface area contributed by atoms with Gasteiger partial charge in [0.1, 0.15) is 5.60 Å². The van der Waals surface area contributed by atoms with Crippen LogP contribution in [0.25, 0.3) is 6.08 Å². The van der Waals surface area contributed by atoms with E-state index in [9.17, 15) is 9.59 Å². The van der Waals surface area contributed by atoms with Gasteiger partial charge in [0.25, 0.3) is 5.91 Å². The molecule has 4 nitrogen and oxygen atoms in total. The van der Waals surface area contributed by atoms with Crippen molar-refractivity contribution in [1.29, 1.82) is 0 Å². The summed E-state index contributed by atoms with van der Waals surface area (Å²) in [5.74, 6) is -0.775. The molecule has 2 aromatic rings. The Morgan fingerprint density at radius 2 is 1.75 bits per heavy atom. The van der Waals surface area contributed by atoms with Crippen LogP contribution in [-0.2, 0) is 4.74 Å². The van der Waals surface area contributed by atoms with Crippen LogP contribution in [0.15, 0.2) is 55.1 Å². The molecule has 0 aromatic heterocycles. The second kappa shape index (κ2) is 7.13. The molecule has 24 heavy (non-hydrogen) atoms. The maximum Gasteiger partial charge on any atom is 0.340 e. The summed E-state index contributed by atoms with van der Waals surface area (Å²) in [6.07, 6.45) is 1.65. The Labute approximate surface area is 142 Å². The molecule has 2 aromatic carbocycles. The highest BCUT2D eigenvalue weighted by Crippen LogP contribution is 2.23. The van der Waals surface area contributed by atoms with E-state index in [-0.39, 0.29) is 5.91 Å². The highest BCUT2D eigenvalue weighted by molar-refractivity contribution is 6.08. The van der Waals surface area contributed by atoms with Crippen LogP contribution >= 0.6 is 0 Å². The summed E-state index contributed by atoms with van der Waals surface area (Å²) in [6, 6.07) is 13.9. The highest BCUT2D eigenvalue weighted by atomic mass is 16.6. The second-order valence-electron chi connectivity index (χ2n) is 6.33. The Kier molecular flexibility index (Phi) is 5.19. The first kappa shape index (κ1) is 17.5. The van der Waals surface area contributed by atoms with E-state index in [0.29, 0.717) is 16.8 Å². The average molecular weight is 323 g/mol. The predicted octanol–water partition coefficient (Wildman–Crippen LogP) is 4.54. The van der Waals surface area contributed by atoms with Crippen LogP contribution in [0.1, 0.15) is 47.1 Å². The lowest BCUT2D eigenvalue weighted by Crippen LogP contribution is -2.25. The zero-order valence-electron chi connectivity index (χ0n) is 14.1. The number of anilines is 1. The van der Waals surface area contributed by atoms with Crippen LogP contribution in [0.4, 0.5) is 5.69 Å². The van der Waals surface area contributed by atoms with Gasteiger partial charge in [0.15, 0.2) is 0 Å². The van der Waals surface area contributed by atoms with Crippen molar-refractivity contribution < 1.29 is 14.3 Å². The molecule has 0 aliphatic rings. The molecule has 0 heterocycles. The third kappa shape index (κ3) is 4.56. The first-order chi connectivity index (χ1) is 11.3. The Morgan fingerprint density at radius 3 is 2.33 bits per heavy atom. The van der Waals surface area contributed by atoms with E-state index in [0.717, 1.165) is 5.56 Å². The van der Waals surface area contributed by atoms with Gasteiger partial charge in [0, 0.05) is 5.56 Å². The van der Waals surface area contributed by atoms with E-state index in [1.54, 1.807) is 69.3 Å². The fourth-order valence-electron chi connectivity index (χ4n) is 2.09. The number of hydrogen-bond acceptors (Lipinski definition) is 3. The molecule has 1 amide bonds. The minimum atomic E-state index is -0.616. The van der Waals surface area contributed by atoms with E-state index >= 15 is 0 Å². The Hall–Kier alpha value is -2.88. The van der Waals surface area contributed by atoms with Crippen molar-refractivity contribution in [3.8, 4) is 0 Å². The SMILES string of the molecule is C=Cc1ccc(C(=O)OC(C)(C)C)c(NC(=O)c2ccccc2)c1. The molecule has 4 heteroatoms. The molecular weight excluding hydrogens is 302 g/mol. The van der Waals surface area contributed by atoms with E-state index in [4.69, 9.17) is 4.74 Å². The molecule has 0 aliphatic heterocycles. The summed E-state index contributed by atoms with van der Waals surface area (Å²) in [7, 11) is 0. The third-order valence-corrected chi connectivity index (χ3v) is 3.18. The van der Waals surface area contributed by atoms with Crippen molar-refractivity contribution in [2.45, 2.75) is 26.4 Å². The first-order valence-electron chi connectivity index (χ1n) is 7.66. The number of ether oxygens (including phenoxy) is 1. The molecule has 0 aliphatic carbocycles. The summed E-state index contributed by atoms with van der Waals surface area (Å²) in [4.78, 5) is 24.8. The molecule has 0 radical (unpaired) electrons. The number of amides is 1. The van der Waals surface area contributed by atoms with Gasteiger partial charge in [-0.3, -0.25) is 4.79 Å². The van der Waals surface area contributed by atoms with Crippen molar-refractivity contribution in [1.82, 2.24) is 0 Å². The number of esters is 1. The molecule has 1 N–H and O–H groups in total. The van der Waals surface area contributed by atoms with E-state index in [1.165, 1.54) is 0 Å². The number of rotatable bonds is 4. The maximum atomic E-state index is 12.4. The Balaban J connectivity index is 2.34. The largest absolute Gasteiger partial charge is 0.456 e. The molecule has 0 saturated heterocycles. The molecule has 124 valence electrons. The van der Waals surface area contributed by atoms with E-state index in [1.807, 2.05) is 6.07 Å². The summed E-state index contributed by atoms with van der Waals surface area (Å²) >= 11 is 0. The summed E-state index contributed by atoms with van der Waals surface area (Å²) in [5, 5.41) is 2.78. The molecular formula is C20H21NO3. The van der Waals surface area contributed by atoms with Crippen LogP contribution in [0.2, 0.25) is 0 Å². The fourth-order valence-corrected chi connectivity index (χ4v) is 2.09. The van der Waals surface area contributed by atoms with Gasteiger partial charge in [-0.25, -0.2) is 4.79 Å². The van der Waals surface area contributed by atoms with Gasteiger partial charge >= 0.3 is 5.97 Å². The maximum absolute atomic E-state index is 12.4. The Morgan fingerprint density at radius 1 is 1.08 bits per heavy atom. The molecule has 0 fully saturated rings. The topological polar surface area (TPSA) is 55.4 Å². The van der Waals surface area contributed by atoms with Gasteiger partial charge in [-0.2, -0.15) is 0 Å². The summed E-state index contributed by atoms with van der Waals surface area (Å²) in [5.41, 5.74) is 1.40. The average Bonchev–Trinajstić information content (AvgIpc) is 2.53. The Bertz CT molecular complexity index is 758. The molecule has 0 saturated carbocycles. The van der Waals surface area contributed by atoms with Crippen LogP contribution in [0.5, 0.6) is 0 Å². The first-order valence-corrected chi connectivity index (χ1v) is 7.66. The number of nitrogens with one attached hydrogen (secondary N) is 1. The van der Waals surface area contributed by atoms with E-state index < -0.39 is 11.6 Å². The van der Waals surface area contributed by atoms with Crippen molar-refractivity contribution >= 4 is 23.6 Å². The minimum Gasteiger partial charge on any atom is -0.456 e. The van der Waals surface area contributed by atoms with Crippen LogP contribution in [0.3, 0.4) is 0 Å². The standard InChI is InChI=1S/C20H21NO3/c1-5-14-11-12-16(19(23)24-20(2,3)4)17(13-14)21-18(22)15-9-7-6-8-10-15/h5-13H,1H2,2-4H3,(H,21,22). The predicted molar refractivity (Wildman–Crippen MR) is 96.1 cm³/mol. The van der Waals surface area contributed by atoms with Crippen LogP contribution in [0, 0.1) is 0 Å². The van der Waals surface area contributed by atoms with Gasteiger partial charge in [0.2, 0.25) is 0 Å². The fraction of sp³-hybridized carbons (Fsp3) is 0.200. The van der Waals surface area contributed by atoms with Gasteiger partial charge in [0.05, 0.1) is 11.3 Å². The van der Waals surface area contributed by atoms with Gasteiger partial charge in [-0.05, 0) is 50.6 Å². The highest BCUT2D eigenvalue weighted by Gasteiger charge is 2.21. The van der Waals surface area contributed by atoms with Crippen molar-refractivity contribution in [3.63, 3.8) is 0 Å². The van der Waals surface area contributed by atoms with Crippen LogP contribution in [-0.4, -0.2) is 17.5 Å². The van der Waals surface area contributed by atoms with Crippen LogP contribution < -0.4 is 5.32 Å². The zero-order valence-corrected chi connectivity index (χ0v) is 14.1. The smallest absolute Gasteiger partial charge is 0.340 e. The van der Waals surface area contributed by atoms with Gasteiger partial charge < -0.3 is 10.1 Å². The molecule has 0 unspecified atom stereocenters.